The van der Waals surface area contributed by atoms with Gasteiger partial charge in [0.1, 0.15) is 0 Å². The molecule has 1 heterocycles. The molecule has 2 aromatic carbocycles. The van der Waals surface area contributed by atoms with E-state index in [4.69, 9.17) is 4.74 Å². The van der Waals surface area contributed by atoms with Gasteiger partial charge in [0.05, 0.1) is 11.5 Å². The van der Waals surface area contributed by atoms with Crippen molar-refractivity contribution in [3.63, 3.8) is 0 Å². The number of anilines is 1. The van der Waals surface area contributed by atoms with Crippen molar-refractivity contribution >= 4 is 33.4 Å². The van der Waals surface area contributed by atoms with E-state index < -0.39 is 10.0 Å². The number of rotatable bonds is 7. The third-order valence-corrected chi connectivity index (χ3v) is 7.68. The number of sulfonamides is 1. The fourth-order valence-electron chi connectivity index (χ4n) is 3.40. The molecule has 1 aliphatic heterocycles. The van der Waals surface area contributed by atoms with Gasteiger partial charge in [-0.05, 0) is 61.1 Å². The van der Waals surface area contributed by atoms with E-state index in [1.807, 2.05) is 42.7 Å². The molecule has 3 rings (SSSR count). The van der Waals surface area contributed by atoms with Crippen LogP contribution in [0.25, 0.3) is 0 Å². The van der Waals surface area contributed by atoms with Crippen molar-refractivity contribution in [1.82, 2.24) is 4.31 Å². The molecule has 8 heteroatoms. The second-order valence-corrected chi connectivity index (χ2v) is 9.79. The van der Waals surface area contributed by atoms with Gasteiger partial charge in [0.2, 0.25) is 15.9 Å². The summed E-state index contributed by atoms with van der Waals surface area (Å²) in [5.41, 5.74) is 1.71. The van der Waals surface area contributed by atoms with Crippen molar-refractivity contribution in [2.45, 2.75) is 29.2 Å². The Morgan fingerprint density at radius 3 is 2.48 bits per heavy atom. The Labute approximate surface area is 176 Å². The molecule has 0 bridgehead atoms. The Morgan fingerprint density at radius 2 is 1.86 bits per heavy atom. The average molecular weight is 435 g/mol. The van der Waals surface area contributed by atoms with E-state index in [0.717, 1.165) is 16.1 Å². The van der Waals surface area contributed by atoms with Crippen LogP contribution in [0.2, 0.25) is 0 Å². The molecule has 0 aromatic heterocycles. The molecule has 156 valence electrons. The zero-order valence-corrected chi connectivity index (χ0v) is 18.3. The highest BCUT2D eigenvalue weighted by Gasteiger charge is 2.32. The molecule has 6 nitrogen and oxygen atoms in total. The van der Waals surface area contributed by atoms with Crippen molar-refractivity contribution in [2.75, 3.05) is 31.8 Å². The number of carbonyl (C=O) groups excluding carboxylic acids is 1. The van der Waals surface area contributed by atoms with Gasteiger partial charge in [-0.2, -0.15) is 4.31 Å². The maximum atomic E-state index is 12.9. The number of benzene rings is 2. The molecule has 1 aliphatic rings. The highest BCUT2D eigenvalue weighted by molar-refractivity contribution is 7.98. The summed E-state index contributed by atoms with van der Waals surface area (Å²) in [4.78, 5) is 13.9. The average Bonchev–Trinajstić information content (AvgIpc) is 2.74. The summed E-state index contributed by atoms with van der Waals surface area (Å²) in [6, 6.07) is 14.5. The maximum Gasteiger partial charge on any atom is 0.243 e. The van der Waals surface area contributed by atoms with Gasteiger partial charge in [0, 0.05) is 36.7 Å². The fraction of sp³-hybridized carbons (Fsp3) is 0.381. The van der Waals surface area contributed by atoms with Gasteiger partial charge >= 0.3 is 0 Å². The Morgan fingerprint density at radius 1 is 1.17 bits per heavy atom. The Kier molecular flexibility index (Phi) is 7.34. The van der Waals surface area contributed by atoms with Gasteiger partial charge in [-0.25, -0.2) is 8.42 Å². The number of hydrogen-bond acceptors (Lipinski definition) is 5. The van der Waals surface area contributed by atoms with Gasteiger partial charge in [-0.15, -0.1) is 11.8 Å². The first-order valence-corrected chi connectivity index (χ1v) is 12.1. The largest absolute Gasteiger partial charge is 0.380 e. The smallest absolute Gasteiger partial charge is 0.243 e. The van der Waals surface area contributed by atoms with E-state index in [1.165, 1.54) is 4.31 Å². The van der Waals surface area contributed by atoms with Gasteiger partial charge in [0.25, 0.3) is 0 Å². The lowest BCUT2D eigenvalue weighted by Gasteiger charge is -2.30. The first-order chi connectivity index (χ1) is 13.9. The minimum absolute atomic E-state index is 0.0686. The molecule has 2 aromatic rings. The standard InChI is InChI=1S/C21H26N2O4S2/c1-27-15-16-4-3-5-18(14-16)22-21(24)17-10-12-23(13-11-17)29(25,26)20-8-6-19(28-2)7-9-20/h3-9,14,17H,10-13,15H2,1-2H3,(H,22,24). The van der Waals surface area contributed by atoms with Gasteiger partial charge in [-0.3, -0.25) is 4.79 Å². The molecule has 0 aliphatic carbocycles. The molecule has 0 spiro atoms. The zero-order chi connectivity index (χ0) is 20.9. The molecule has 0 unspecified atom stereocenters. The van der Waals surface area contributed by atoms with Gasteiger partial charge in [0.15, 0.2) is 0 Å². The fourth-order valence-corrected chi connectivity index (χ4v) is 5.28. The minimum Gasteiger partial charge on any atom is -0.380 e. The molecule has 0 radical (unpaired) electrons. The first-order valence-electron chi connectivity index (χ1n) is 9.47. The van der Waals surface area contributed by atoms with Crippen LogP contribution in [0, 0.1) is 5.92 Å². The number of hydrogen-bond donors (Lipinski definition) is 1. The predicted octanol–water partition coefficient (Wildman–Crippen LogP) is 3.59. The molecule has 1 amide bonds. The van der Waals surface area contributed by atoms with Crippen LogP contribution in [0.15, 0.2) is 58.3 Å². The molecule has 0 saturated carbocycles. The second kappa shape index (κ2) is 9.75. The van der Waals surface area contributed by atoms with Crippen LogP contribution < -0.4 is 5.32 Å². The summed E-state index contributed by atoms with van der Waals surface area (Å²) >= 11 is 1.57. The van der Waals surface area contributed by atoms with Crippen molar-refractivity contribution < 1.29 is 17.9 Å². The summed E-state index contributed by atoms with van der Waals surface area (Å²) < 4.78 is 32.3. The lowest BCUT2D eigenvalue weighted by molar-refractivity contribution is -0.120. The predicted molar refractivity (Wildman–Crippen MR) is 115 cm³/mol. The van der Waals surface area contributed by atoms with Crippen LogP contribution in [0.5, 0.6) is 0 Å². The molecular formula is C21H26N2O4S2. The monoisotopic (exact) mass is 434 g/mol. The van der Waals surface area contributed by atoms with Crippen LogP contribution in [-0.2, 0) is 26.2 Å². The summed E-state index contributed by atoms with van der Waals surface area (Å²) in [5, 5.41) is 2.94. The third-order valence-electron chi connectivity index (χ3n) is 5.03. The Bertz CT molecular complexity index is 937. The summed E-state index contributed by atoms with van der Waals surface area (Å²) in [6.07, 6.45) is 2.96. The van der Waals surface area contributed by atoms with Gasteiger partial charge in [-0.1, -0.05) is 12.1 Å². The highest BCUT2D eigenvalue weighted by atomic mass is 32.2. The van der Waals surface area contributed by atoms with Crippen molar-refractivity contribution in [2.24, 2.45) is 5.92 Å². The number of piperidine rings is 1. The Hall–Kier alpha value is -1.87. The topological polar surface area (TPSA) is 75.7 Å². The highest BCUT2D eigenvalue weighted by Crippen LogP contribution is 2.26. The second-order valence-electron chi connectivity index (χ2n) is 6.98. The molecule has 29 heavy (non-hydrogen) atoms. The van der Waals surface area contributed by atoms with Crippen LogP contribution >= 0.6 is 11.8 Å². The summed E-state index contributed by atoms with van der Waals surface area (Å²) in [5.74, 6) is -0.271. The molecule has 1 saturated heterocycles. The number of nitrogens with one attached hydrogen (secondary N) is 1. The number of carbonyl (C=O) groups is 1. The normalized spacial score (nSPS) is 15.9. The number of nitrogens with zero attached hydrogens (tertiary/aromatic N) is 1. The van der Waals surface area contributed by atoms with Crippen LogP contribution in [-0.4, -0.2) is 45.1 Å². The van der Waals surface area contributed by atoms with E-state index in [1.54, 1.807) is 31.0 Å². The molecule has 1 N–H and O–H groups in total. The quantitative estimate of drug-likeness (QED) is 0.674. The van der Waals surface area contributed by atoms with E-state index in [2.05, 4.69) is 5.32 Å². The Balaban J connectivity index is 1.59. The van der Waals surface area contributed by atoms with Gasteiger partial charge < -0.3 is 10.1 Å². The van der Waals surface area contributed by atoms with E-state index in [9.17, 15) is 13.2 Å². The maximum absolute atomic E-state index is 12.9. The van der Waals surface area contributed by atoms with Crippen molar-refractivity contribution in [3.05, 3.63) is 54.1 Å². The van der Waals surface area contributed by atoms with Crippen molar-refractivity contribution in [1.29, 1.82) is 0 Å². The number of thioether (sulfide) groups is 1. The minimum atomic E-state index is -3.53. The summed E-state index contributed by atoms with van der Waals surface area (Å²) in [6.45, 7) is 1.17. The molecule has 1 fully saturated rings. The molecule has 0 atom stereocenters. The zero-order valence-electron chi connectivity index (χ0n) is 16.6. The third kappa shape index (κ3) is 5.39. The molecular weight excluding hydrogens is 408 g/mol. The number of ether oxygens (including phenoxy) is 1. The van der Waals surface area contributed by atoms with E-state index in [0.29, 0.717) is 37.4 Å². The van der Waals surface area contributed by atoms with Crippen molar-refractivity contribution in [3.8, 4) is 0 Å². The lowest BCUT2D eigenvalue weighted by Crippen LogP contribution is -2.41. The van der Waals surface area contributed by atoms with E-state index in [-0.39, 0.29) is 11.8 Å². The van der Waals surface area contributed by atoms with Crippen LogP contribution in [0.4, 0.5) is 5.69 Å². The summed E-state index contributed by atoms with van der Waals surface area (Å²) in [7, 11) is -1.90. The van der Waals surface area contributed by atoms with Crippen LogP contribution in [0.3, 0.4) is 0 Å². The van der Waals surface area contributed by atoms with E-state index >= 15 is 0 Å². The van der Waals surface area contributed by atoms with Crippen LogP contribution in [0.1, 0.15) is 18.4 Å². The number of methoxy groups -OCH3 is 1. The first kappa shape index (κ1) is 21.8. The lowest BCUT2D eigenvalue weighted by atomic mass is 9.97. The SMILES string of the molecule is COCc1cccc(NC(=O)C2CCN(S(=O)(=O)c3ccc(SC)cc3)CC2)c1. The number of amides is 1.